The Labute approximate surface area is 102 Å². The molecule has 1 aromatic carbocycles. The van der Waals surface area contributed by atoms with Gasteiger partial charge in [0.1, 0.15) is 0 Å². The fourth-order valence-electron chi connectivity index (χ4n) is 1.11. The van der Waals surface area contributed by atoms with Crippen LogP contribution in [0.5, 0.6) is 0 Å². The van der Waals surface area contributed by atoms with E-state index in [9.17, 15) is 0 Å². The average molecular weight is 242 g/mol. The van der Waals surface area contributed by atoms with Gasteiger partial charge in [-0.25, -0.2) is 0 Å². The van der Waals surface area contributed by atoms with E-state index in [2.05, 4.69) is 9.98 Å². The number of rotatable bonds is 3. The van der Waals surface area contributed by atoms with E-state index in [1.54, 1.807) is 0 Å². The van der Waals surface area contributed by atoms with Gasteiger partial charge in [-0.15, -0.1) is 0 Å². The molecular weight excluding hydrogens is 226 g/mol. The zero-order valence-electron chi connectivity index (χ0n) is 9.81. The van der Waals surface area contributed by atoms with E-state index in [1.807, 2.05) is 30.3 Å². The van der Waals surface area contributed by atoms with Crippen molar-refractivity contribution in [1.29, 1.82) is 0 Å². The Bertz CT molecular complexity index is 362. The third kappa shape index (κ3) is 5.87. The Morgan fingerprint density at radius 1 is 1.12 bits per heavy atom. The van der Waals surface area contributed by atoms with E-state index in [0.717, 1.165) is 6.42 Å². The van der Waals surface area contributed by atoms with Gasteiger partial charge in [0.25, 0.3) is 0 Å². The number of aliphatic imine (C=N–C) groups is 2. The highest BCUT2D eigenvalue weighted by Gasteiger charge is 1.91. The number of nitrogens with zero attached hydrogens (tertiary/aromatic N) is 2. The molecule has 0 saturated carbocycles. The molecule has 6 heteroatoms. The van der Waals surface area contributed by atoms with Crippen LogP contribution in [0, 0.1) is 0 Å². The third-order valence-electron chi connectivity index (χ3n) is 1.76. The maximum Gasteiger partial charge on any atom is 1.00 e. The molecule has 88 valence electrons. The summed E-state index contributed by atoms with van der Waals surface area (Å²) in [5, 5.41) is 0. The van der Waals surface area contributed by atoms with E-state index in [-0.39, 0.29) is 25.8 Å². The average Bonchev–Trinajstić information content (AvgIpc) is 2.18. The minimum absolute atomic E-state index is 0. The third-order valence-corrected chi connectivity index (χ3v) is 1.76. The Morgan fingerprint density at radius 2 is 1.75 bits per heavy atom. The van der Waals surface area contributed by atoms with Gasteiger partial charge in [-0.1, -0.05) is 30.3 Å². The van der Waals surface area contributed by atoms with Crippen molar-refractivity contribution in [3.8, 4) is 0 Å². The van der Waals surface area contributed by atoms with Crippen LogP contribution in [-0.2, 0) is 6.42 Å². The summed E-state index contributed by atoms with van der Waals surface area (Å²) in [5.41, 5.74) is 16.9. The molecule has 0 aliphatic rings. The molecule has 1 aromatic rings. The van der Waals surface area contributed by atoms with Crippen LogP contribution in [0.25, 0.3) is 0 Å². The summed E-state index contributed by atoms with van der Waals surface area (Å²) in [6, 6.07) is 10.0. The van der Waals surface area contributed by atoms with E-state index in [4.69, 9.17) is 17.2 Å². The summed E-state index contributed by atoms with van der Waals surface area (Å²) >= 11 is 0. The minimum atomic E-state index is -0.0732. The summed E-state index contributed by atoms with van der Waals surface area (Å²) in [6.07, 6.45) is 0.821. The first kappa shape index (κ1) is 14.2. The maximum atomic E-state index is 5.44. The molecule has 0 unspecified atom stereocenters. The number of benzene rings is 1. The van der Waals surface area contributed by atoms with Gasteiger partial charge in [0.2, 0.25) is 5.96 Å². The second-order valence-corrected chi connectivity index (χ2v) is 3.01. The highest BCUT2D eigenvalue weighted by molar-refractivity contribution is 5.92. The van der Waals surface area contributed by atoms with Gasteiger partial charge >= 0.3 is 1.43 Å². The van der Waals surface area contributed by atoms with Crippen molar-refractivity contribution in [2.75, 3.05) is 6.54 Å². The van der Waals surface area contributed by atoms with Gasteiger partial charge in [0.05, 0.1) is 0 Å². The second-order valence-electron chi connectivity index (χ2n) is 3.01. The molecule has 5 nitrogen and oxygen atoms in total. The van der Waals surface area contributed by atoms with Gasteiger partial charge in [0, 0.05) is 6.54 Å². The quantitative estimate of drug-likeness (QED) is 0.387. The summed E-state index contributed by atoms with van der Waals surface area (Å²) < 4.78 is 0. The first-order valence-corrected chi connectivity index (χ1v) is 4.62. The smallest absolute Gasteiger partial charge is 1.00 e. The molecule has 0 heterocycles. The van der Waals surface area contributed by atoms with Gasteiger partial charge in [-0.3, -0.25) is 4.99 Å². The van der Waals surface area contributed by atoms with Crippen LogP contribution in [-0.4, -0.2) is 18.5 Å². The van der Waals surface area contributed by atoms with Crippen LogP contribution in [0.3, 0.4) is 0 Å². The molecule has 0 radical (unpaired) electrons. The topological polar surface area (TPSA) is 103 Å². The van der Waals surface area contributed by atoms with E-state index in [0.29, 0.717) is 6.54 Å². The molecule has 16 heavy (non-hydrogen) atoms. The number of hydrogen-bond acceptors (Lipinski definition) is 1. The molecule has 0 spiro atoms. The van der Waals surface area contributed by atoms with Gasteiger partial charge in [0.15, 0.2) is 5.96 Å². The molecule has 1 rings (SSSR count). The summed E-state index contributed by atoms with van der Waals surface area (Å²) in [6.45, 7) is 0.576. The summed E-state index contributed by atoms with van der Waals surface area (Å²) in [7, 11) is 0. The summed E-state index contributed by atoms with van der Waals surface area (Å²) in [4.78, 5) is 7.62. The fraction of sp³-hybridized carbons (Fsp3) is 0.200. The number of guanidine groups is 2. The highest BCUT2D eigenvalue weighted by Crippen LogP contribution is 1.99. The first-order chi connectivity index (χ1) is 7.18. The predicted octanol–water partition coefficient (Wildman–Crippen LogP) is -3.07. The molecule has 0 bridgehead atoms. The van der Waals surface area contributed by atoms with E-state index >= 15 is 0 Å². The first-order valence-electron chi connectivity index (χ1n) is 4.62. The number of halogens is 1. The molecule has 0 aliphatic heterocycles. The molecule has 0 aromatic heterocycles. The largest absolute Gasteiger partial charge is 1.00 e. The van der Waals surface area contributed by atoms with Gasteiger partial charge in [-0.2, -0.15) is 4.99 Å². The van der Waals surface area contributed by atoms with Crippen molar-refractivity contribution < 1.29 is 13.8 Å². The Kier molecular flexibility index (Phi) is 6.71. The SMILES string of the molecule is NC(N)=NC(N)=NCCc1ccccc1.[Cl-].[H+]. The van der Waals surface area contributed by atoms with E-state index < -0.39 is 0 Å². The van der Waals surface area contributed by atoms with Crippen LogP contribution in [0.4, 0.5) is 0 Å². The molecular formula is C10H16ClN5. The standard InChI is InChI=1S/C10H15N5.ClH/c11-9(12)15-10(13)14-7-6-8-4-2-1-3-5-8;/h1-5H,6-7H2,(H6,11,12,13,14,15);1H. The van der Waals surface area contributed by atoms with Crippen LogP contribution in [0.15, 0.2) is 40.3 Å². The van der Waals surface area contributed by atoms with Gasteiger partial charge < -0.3 is 29.6 Å². The van der Waals surface area contributed by atoms with Gasteiger partial charge in [-0.05, 0) is 12.0 Å². The van der Waals surface area contributed by atoms with Crippen molar-refractivity contribution in [1.82, 2.24) is 0 Å². The molecule has 0 aliphatic carbocycles. The zero-order chi connectivity index (χ0) is 11.1. The van der Waals surface area contributed by atoms with Crippen molar-refractivity contribution in [3.63, 3.8) is 0 Å². The van der Waals surface area contributed by atoms with E-state index in [1.165, 1.54) is 5.56 Å². The highest BCUT2D eigenvalue weighted by atomic mass is 35.5. The van der Waals surface area contributed by atoms with Crippen LogP contribution in [0.2, 0.25) is 0 Å². The normalized spacial score (nSPS) is 10.4. The predicted molar refractivity (Wildman–Crippen MR) is 63.6 cm³/mol. The lowest BCUT2D eigenvalue weighted by atomic mass is 10.2. The molecule has 0 saturated heterocycles. The molecule has 6 N–H and O–H groups in total. The molecule has 0 amide bonds. The monoisotopic (exact) mass is 241 g/mol. The van der Waals surface area contributed by atoms with Crippen molar-refractivity contribution >= 4 is 11.9 Å². The number of nitrogens with two attached hydrogens (primary N) is 3. The minimum Gasteiger partial charge on any atom is -1.00 e. The van der Waals surface area contributed by atoms with Crippen LogP contribution >= 0.6 is 0 Å². The maximum absolute atomic E-state index is 5.44. The Morgan fingerprint density at radius 3 is 2.31 bits per heavy atom. The lowest BCUT2D eigenvalue weighted by Crippen LogP contribution is -3.00. The van der Waals surface area contributed by atoms with Crippen LogP contribution < -0.4 is 29.6 Å². The van der Waals surface area contributed by atoms with Crippen LogP contribution in [0.1, 0.15) is 6.99 Å². The second kappa shape index (κ2) is 7.53. The molecule has 0 atom stereocenters. The van der Waals surface area contributed by atoms with Crippen molar-refractivity contribution in [2.45, 2.75) is 6.42 Å². The summed E-state index contributed by atoms with van der Waals surface area (Å²) in [5.74, 6) is 0.0434. The zero-order valence-corrected chi connectivity index (χ0v) is 9.56. The number of hydrogen-bond donors (Lipinski definition) is 3. The van der Waals surface area contributed by atoms with Crippen molar-refractivity contribution in [2.24, 2.45) is 27.2 Å². The van der Waals surface area contributed by atoms with Crippen molar-refractivity contribution in [3.05, 3.63) is 35.9 Å². The lowest BCUT2D eigenvalue weighted by Gasteiger charge is -1.97. The molecule has 0 fully saturated rings. The fourth-order valence-corrected chi connectivity index (χ4v) is 1.11. The lowest BCUT2D eigenvalue weighted by molar-refractivity contribution is -0.00000368. The Balaban J connectivity index is 0. The Hall–Kier alpha value is -1.75.